The lowest BCUT2D eigenvalue weighted by molar-refractivity contribution is -0.128. The SMILES string of the molecule is Cc1cccc(N2C(=O)c3cc4occc4n3C[C@]2(C)C(=O)N[C@@H]2CCC[C@H](C)[C@H]2C)c1C. The van der Waals surface area contributed by atoms with Crippen LogP contribution in [-0.4, -0.2) is 28.0 Å². The number of furan rings is 1. The van der Waals surface area contributed by atoms with Crippen LogP contribution in [0.5, 0.6) is 0 Å². The number of hydrogen-bond donors (Lipinski definition) is 1. The van der Waals surface area contributed by atoms with Crippen LogP contribution in [0.1, 0.15) is 61.6 Å². The summed E-state index contributed by atoms with van der Waals surface area (Å²) in [7, 11) is 0. The van der Waals surface area contributed by atoms with Crippen molar-refractivity contribution >= 4 is 28.6 Å². The Morgan fingerprint density at radius 2 is 1.97 bits per heavy atom. The van der Waals surface area contributed by atoms with Gasteiger partial charge in [0.25, 0.3) is 5.91 Å². The van der Waals surface area contributed by atoms with E-state index >= 15 is 0 Å². The van der Waals surface area contributed by atoms with Crippen molar-refractivity contribution in [2.45, 2.75) is 72.0 Å². The molecule has 6 nitrogen and oxygen atoms in total. The number of amides is 2. The zero-order valence-electron chi connectivity index (χ0n) is 20.1. The van der Waals surface area contributed by atoms with Crippen molar-refractivity contribution in [2.24, 2.45) is 11.8 Å². The smallest absolute Gasteiger partial charge is 0.276 e. The quantitative estimate of drug-likeness (QED) is 0.599. The minimum atomic E-state index is -1.08. The van der Waals surface area contributed by atoms with Crippen LogP contribution in [0.3, 0.4) is 0 Å². The highest BCUT2D eigenvalue weighted by molar-refractivity contribution is 6.14. The summed E-state index contributed by atoms with van der Waals surface area (Å²) in [5, 5.41) is 3.36. The zero-order chi connectivity index (χ0) is 23.5. The fourth-order valence-electron chi connectivity index (χ4n) is 5.68. The highest BCUT2D eigenvalue weighted by atomic mass is 16.3. The van der Waals surface area contributed by atoms with E-state index in [1.807, 2.05) is 49.6 Å². The Morgan fingerprint density at radius 1 is 1.18 bits per heavy atom. The average molecular weight is 448 g/mol. The lowest BCUT2D eigenvalue weighted by atomic mass is 9.77. The van der Waals surface area contributed by atoms with Gasteiger partial charge in [-0.3, -0.25) is 14.5 Å². The van der Waals surface area contributed by atoms with E-state index in [1.165, 1.54) is 6.42 Å². The predicted octanol–water partition coefficient (Wildman–Crippen LogP) is 5.21. The van der Waals surface area contributed by atoms with Crippen LogP contribution in [0.4, 0.5) is 5.69 Å². The molecule has 1 aliphatic heterocycles. The first-order chi connectivity index (χ1) is 15.7. The molecule has 1 fully saturated rings. The van der Waals surface area contributed by atoms with Gasteiger partial charge in [0, 0.05) is 23.9 Å². The molecule has 0 unspecified atom stereocenters. The van der Waals surface area contributed by atoms with E-state index in [0.29, 0.717) is 29.7 Å². The van der Waals surface area contributed by atoms with E-state index in [1.54, 1.807) is 17.2 Å². The van der Waals surface area contributed by atoms with Gasteiger partial charge in [-0.15, -0.1) is 0 Å². The summed E-state index contributed by atoms with van der Waals surface area (Å²) in [6.45, 7) is 10.8. The summed E-state index contributed by atoms with van der Waals surface area (Å²) in [5.41, 5.74) is 3.87. The molecule has 2 aromatic heterocycles. The van der Waals surface area contributed by atoms with E-state index in [-0.39, 0.29) is 17.9 Å². The first-order valence-corrected chi connectivity index (χ1v) is 12.0. The van der Waals surface area contributed by atoms with Gasteiger partial charge in [-0.1, -0.05) is 38.8 Å². The second-order valence-electron chi connectivity index (χ2n) is 10.3. The van der Waals surface area contributed by atoms with Crippen LogP contribution < -0.4 is 10.2 Å². The van der Waals surface area contributed by atoms with Gasteiger partial charge in [-0.2, -0.15) is 0 Å². The molecule has 3 aromatic rings. The summed E-state index contributed by atoms with van der Waals surface area (Å²) in [6.07, 6.45) is 4.92. The summed E-state index contributed by atoms with van der Waals surface area (Å²) < 4.78 is 7.53. The van der Waals surface area contributed by atoms with E-state index in [4.69, 9.17) is 4.42 Å². The highest BCUT2D eigenvalue weighted by Gasteiger charge is 2.50. The normalized spacial score (nSPS) is 27.6. The Hall–Kier alpha value is -3.02. The minimum Gasteiger partial charge on any atom is -0.463 e. The van der Waals surface area contributed by atoms with Crippen LogP contribution in [0.25, 0.3) is 11.1 Å². The summed E-state index contributed by atoms with van der Waals surface area (Å²) in [4.78, 5) is 29.7. The maximum absolute atomic E-state index is 14.0. The molecule has 174 valence electrons. The molecule has 1 aliphatic carbocycles. The molecule has 3 heterocycles. The molecule has 0 saturated heterocycles. The van der Waals surface area contributed by atoms with E-state index in [9.17, 15) is 9.59 Å². The minimum absolute atomic E-state index is 0.0984. The van der Waals surface area contributed by atoms with Gasteiger partial charge in [0.1, 0.15) is 11.2 Å². The van der Waals surface area contributed by atoms with E-state index in [2.05, 4.69) is 19.2 Å². The Kier molecular flexibility index (Phi) is 5.15. The van der Waals surface area contributed by atoms with Crippen molar-refractivity contribution in [1.29, 1.82) is 0 Å². The Labute approximate surface area is 194 Å². The summed E-state index contributed by atoms with van der Waals surface area (Å²) in [6, 6.07) is 9.70. The molecule has 33 heavy (non-hydrogen) atoms. The molecule has 1 aromatic carbocycles. The van der Waals surface area contributed by atoms with E-state index in [0.717, 1.165) is 35.2 Å². The molecular formula is C27H33N3O3. The van der Waals surface area contributed by atoms with Crippen molar-refractivity contribution < 1.29 is 14.0 Å². The highest BCUT2D eigenvalue weighted by Crippen LogP contribution is 2.39. The van der Waals surface area contributed by atoms with Crippen molar-refractivity contribution in [3.05, 3.63) is 53.4 Å². The summed E-state index contributed by atoms with van der Waals surface area (Å²) >= 11 is 0. The van der Waals surface area contributed by atoms with Gasteiger partial charge < -0.3 is 14.3 Å². The fourth-order valence-corrected chi connectivity index (χ4v) is 5.68. The van der Waals surface area contributed by atoms with Crippen LogP contribution >= 0.6 is 0 Å². The lowest BCUT2D eigenvalue weighted by Gasteiger charge is -2.46. The summed E-state index contributed by atoms with van der Waals surface area (Å²) in [5.74, 6) is 0.701. The zero-order valence-corrected chi connectivity index (χ0v) is 20.1. The number of nitrogens with zero attached hydrogens (tertiary/aromatic N) is 2. The molecule has 2 aliphatic rings. The molecule has 2 amide bonds. The Morgan fingerprint density at radius 3 is 2.76 bits per heavy atom. The number of aryl methyl sites for hydroxylation is 1. The number of anilines is 1. The molecule has 6 heteroatoms. The third-order valence-corrected chi connectivity index (χ3v) is 8.23. The van der Waals surface area contributed by atoms with Crippen molar-refractivity contribution in [3.8, 4) is 0 Å². The molecule has 0 bridgehead atoms. The molecule has 5 rings (SSSR count). The number of carbonyl (C=O) groups excluding carboxylic acids is 2. The van der Waals surface area contributed by atoms with Gasteiger partial charge in [0.2, 0.25) is 5.91 Å². The molecule has 4 atom stereocenters. The van der Waals surface area contributed by atoms with Crippen LogP contribution in [0.2, 0.25) is 0 Å². The van der Waals surface area contributed by atoms with Gasteiger partial charge >= 0.3 is 0 Å². The monoisotopic (exact) mass is 447 g/mol. The third kappa shape index (κ3) is 3.30. The average Bonchev–Trinajstić information content (AvgIpc) is 3.37. The van der Waals surface area contributed by atoms with Crippen molar-refractivity contribution in [3.63, 3.8) is 0 Å². The topological polar surface area (TPSA) is 67.5 Å². The largest absolute Gasteiger partial charge is 0.463 e. The number of nitrogens with one attached hydrogen (secondary N) is 1. The molecular weight excluding hydrogens is 414 g/mol. The number of hydrogen-bond acceptors (Lipinski definition) is 3. The first-order valence-electron chi connectivity index (χ1n) is 12.0. The Balaban J connectivity index is 1.61. The number of carbonyl (C=O) groups is 2. The maximum Gasteiger partial charge on any atom is 0.276 e. The van der Waals surface area contributed by atoms with Gasteiger partial charge in [0.05, 0.1) is 18.3 Å². The second-order valence-corrected chi connectivity index (χ2v) is 10.3. The first kappa shape index (κ1) is 21.8. The second kappa shape index (κ2) is 7.79. The van der Waals surface area contributed by atoms with Gasteiger partial charge in [-0.25, -0.2) is 0 Å². The van der Waals surface area contributed by atoms with Crippen molar-refractivity contribution in [1.82, 2.24) is 9.88 Å². The van der Waals surface area contributed by atoms with Crippen LogP contribution in [-0.2, 0) is 11.3 Å². The molecule has 0 radical (unpaired) electrons. The number of benzene rings is 1. The maximum atomic E-state index is 14.0. The van der Waals surface area contributed by atoms with Gasteiger partial charge in [0.15, 0.2) is 5.58 Å². The number of rotatable bonds is 3. The van der Waals surface area contributed by atoms with E-state index < -0.39 is 5.54 Å². The Bertz CT molecular complexity index is 1240. The van der Waals surface area contributed by atoms with Crippen LogP contribution in [0, 0.1) is 25.7 Å². The number of fused-ring (bicyclic) bond motifs is 3. The number of aromatic nitrogens is 1. The molecule has 1 N–H and O–H groups in total. The molecule has 0 spiro atoms. The van der Waals surface area contributed by atoms with Gasteiger partial charge in [-0.05, 0) is 56.2 Å². The van der Waals surface area contributed by atoms with Crippen molar-refractivity contribution in [2.75, 3.05) is 4.90 Å². The predicted molar refractivity (Wildman–Crippen MR) is 129 cm³/mol. The molecule has 1 saturated carbocycles. The standard InChI is InChI=1S/C27H33N3O3/c1-16-8-6-10-20(18(16)3)28-26(32)27(5)15-29-22-12-13-33-24(22)14-23(29)25(31)30(27)21-11-7-9-17(2)19(21)4/h7,9,11-14,16,18,20H,6,8,10,15H2,1-5H3,(H,28,32)/t16-,18+,20+,27+/m0/s1. The third-order valence-electron chi connectivity index (χ3n) is 8.23. The lowest BCUT2D eigenvalue weighted by Crippen LogP contribution is -2.66. The fraction of sp³-hybridized carbons (Fsp3) is 0.481. The van der Waals surface area contributed by atoms with Crippen LogP contribution in [0.15, 0.2) is 41.0 Å².